The fraction of sp³-hybridized carbons (Fsp3) is 0.235. The van der Waals surface area contributed by atoms with Crippen molar-refractivity contribution in [2.24, 2.45) is 0 Å². The maximum Gasteiger partial charge on any atom is 0.475 e. The summed E-state index contributed by atoms with van der Waals surface area (Å²) in [7, 11) is 0. The van der Waals surface area contributed by atoms with Gasteiger partial charge in [-0.25, -0.2) is 0 Å². The summed E-state index contributed by atoms with van der Waals surface area (Å²) in [5.74, 6) is -1.47. The van der Waals surface area contributed by atoms with E-state index in [9.17, 15) is 31.1 Å². The monoisotopic (exact) mass is 377 g/mol. The molecule has 2 aromatic carbocycles. The Morgan fingerprint density at radius 1 is 0.808 bits per heavy atom. The van der Waals surface area contributed by atoms with Gasteiger partial charge in [0.25, 0.3) is 5.91 Å². The van der Waals surface area contributed by atoms with Crippen LogP contribution in [0.15, 0.2) is 60.7 Å². The molecule has 9 heteroatoms. The highest BCUT2D eigenvalue weighted by Gasteiger charge is 2.76. The van der Waals surface area contributed by atoms with Gasteiger partial charge in [0.15, 0.2) is 0 Å². The van der Waals surface area contributed by atoms with Crippen molar-refractivity contribution < 1.29 is 36.5 Å². The number of quaternary nitrogens is 1. The average Bonchev–Trinajstić information content (AvgIpc) is 2.58. The van der Waals surface area contributed by atoms with Gasteiger partial charge in [-0.1, -0.05) is 48.5 Å². The van der Waals surface area contributed by atoms with Crippen molar-refractivity contribution in [1.82, 2.24) is 5.32 Å². The molecule has 0 saturated carbocycles. The molecule has 0 aliphatic rings. The molecule has 26 heavy (non-hydrogen) atoms. The molecule has 0 bridgehead atoms. The van der Waals surface area contributed by atoms with Crippen molar-refractivity contribution in [3.05, 3.63) is 71.8 Å². The van der Waals surface area contributed by atoms with Crippen LogP contribution in [0, 0.1) is 0 Å². The molecule has 0 aromatic heterocycles. The lowest BCUT2D eigenvalue weighted by Crippen LogP contribution is -3.07. The fourth-order valence-corrected chi connectivity index (χ4v) is 2.31. The first-order valence-electron chi connectivity index (χ1n) is 7.46. The lowest BCUT2D eigenvalue weighted by molar-refractivity contribution is -0.796. The quantitative estimate of drug-likeness (QED) is 0.611. The van der Waals surface area contributed by atoms with Crippen molar-refractivity contribution in [3.8, 4) is 0 Å². The molecule has 0 aliphatic carbocycles. The molecule has 2 rings (SSSR count). The molecular formula is C17H15F6N2O+. The minimum Gasteiger partial charge on any atom is -0.305 e. The number of carbonyl (C=O) groups excluding carboxylic acids is 1. The predicted octanol–water partition coefficient (Wildman–Crippen LogP) is 3.00. The lowest BCUT2D eigenvalue weighted by Gasteiger charge is -2.35. The van der Waals surface area contributed by atoms with E-state index in [2.05, 4.69) is 0 Å². The van der Waals surface area contributed by atoms with Crippen LogP contribution < -0.4 is 10.6 Å². The lowest BCUT2D eigenvalue weighted by atomic mass is 10.1. The molecule has 0 radical (unpaired) electrons. The Morgan fingerprint density at radius 2 is 1.27 bits per heavy atom. The van der Waals surface area contributed by atoms with Gasteiger partial charge in [-0.05, 0) is 12.1 Å². The SMILES string of the molecule is O=C(NC([NH2+]Cc1ccccc1)(C(F)(F)F)C(F)(F)F)c1ccccc1. The van der Waals surface area contributed by atoms with Crippen LogP contribution in [0.2, 0.25) is 0 Å². The Bertz CT molecular complexity index is 714. The Balaban J connectivity index is 2.38. The maximum atomic E-state index is 13.5. The molecule has 0 spiro atoms. The number of alkyl halides is 6. The van der Waals surface area contributed by atoms with Gasteiger partial charge in [-0.3, -0.25) is 10.1 Å². The number of rotatable bonds is 5. The van der Waals surface area contributed by atoms with Gasteiger partial charge >= 0.3 is 18.0 Å². The normalized spacial score (nSPS) is 12.7. The third-order valence-corrected chi connectivity index (χ3v) is 3.73. The highest BCUT2D eigenvalue weighted by atomic mass is 19.4. The number of nitrogens with two attached hydrogens (primary N) is 1. The number of benzene rings is 2. The highest BCUT2D eigenvalue weighted by molar-refractivity contribution is 5.94. The fourth-order valence-electron chi connectivity index (χ4n) is 2.31. The van der Waals surface area contributed by atoms with E-state index in [0.29, 0.717) is 0 Å². The zero-order chi connectivity index (χ0) is 19.4. The first-order valence-corrected chi connectivity index (χ1v) is 7.46. The second-order valence-corrected chi connectivity index (χ2v) is 5.52. The van der Waals surface area contributed by atoms with E-state index in [1.165, 1.54) is 42.5 Å². The molecule has 0 saturated heterocycles. The zero-order valence-corrected chi connectivity index (χ0v) is 13.2. The molecule has 0 fully saturated rings. The zero-order valence-electron chi connectivity index (χ0n) is 13.2. The Kier molecular flexibility index (Phi) is 5.60. The summed E-state index contributed by atoms with van der Waals surface area (Å²) in [6, 6.07) is 13.8. The van der Waals surface area contributed by atoms with E-state index in [1.807, 2.05) is 0 Å². The summed E-state index contributed by atoms with van der Waals surface area (Å²) in [5, 5.41) is 1.20. The van der Waals surface area contributed by atoms with Gasteiger partial charge in [0.2, 0.25) is 0 Å². The molecule has 140 valence electrons. The molecule has 3 nitrogen and oxygen atoms in total. The largest absolute Gasteiger partial charge is 0.475 e. The molecule has 1 amide bonds. The third-order valence-electron chi connectivity index (χ3n) is 3.73. The number of halogens is 6. The van der Waals surface area contributed by atoms with Gasteiger partial charge < -0.3 is 5.32 Å². The topological polar surface area (TPSA) is 45.7 Å². The summed E-state index contributed by atoms with van der Waals surface area (Å²) in [5.41, 5.74) is -4.53. The van der Waals surface area contributed by atoms with Gasteiger partial charge in [-0.2, -0.15) is 26.3 Å². The summed E-state index contributed by atoms with van der Waals surface area (Å²) in [4.78, 5) is 12.0. The minimum absolute atomic E-state index is 0.0448. The van der Waals surface area contributed by atoms with Crippen LogP contribution in [0.3, 0.4) is 0 Å². The second-order valence-electron chi connectivity index (χ2n) is 5.52. The van der Waals surface area contributed by atoms with Crippen LogP contribution in [0.4, 0.5) is 26.3 Å². The van der Waals surface area contributed by atoms with Crippen molar-refractivity contribution in [2.75, 3.05) is 0 Å². The van der Waals surface area contributed by atoms with Crippen LogP contribution in [0.25, 0.3) is 0 Å². The summed E-state index contributed by atoms with van der Waals surface area (Å²) in [6.07, 6.45) is -11.5. The number of amides is 1. The number of hydrogen-bond acceptors (Lipinski definition) is 1. The summed E-state index contributed by atoms with van der Waals surface area (Å²) >= 11 is 0. The van der Waals surface area contributed by atoms with Crippen LogP contribution in [0.1, 0.15) is 15.9 Å². The molecule has 0 unspecified atom stereocenters. The molecular weight excluding hydrogens is 362 g/mol. The first-order chi connectivity index (χ1) is 12.1. The minimum atomic E-state index is -5.77. The van der Waals surface area contributed by atoms with E-state index >= 15 is 0 Å². The Labute approximate surface area is 145 Å². The molecule has 0 atom stereocenters. The number of carbonyl (C=O) groups is 1. The average molecular weight is 377 g/mol. The van der Waals surface area contributed by atoms with E-state index in [-0.39, 0.29) is 16.4 Å². The molecule has 3 N–H and O–H groups in total. The van der Waals surface area contributed by atoms with Crippen molar-refractivity contribution >= 4 is 5.91 Å². The van der Waals surface area contributed by atoms with Crippen LogP contribution in [-0.4, -0.2) is 23.9 Å². The van der Waals surface area contributed by atoms with Gasteiger partial charge in [0.05, 0.1) is 0 Å². The third kappa shape index (κ3) is 4.16. The summed E-state index contributed by atoms with van der Waals surface area (Å²) in [6.45, 7) is -0.630. The number of nitrogens with one attached hydrogen (secondary N) is 1. The van der Waals surface area contributed by atoms with Crippen LogP contribution >= 0.6 is 0 Å². The van der Waals surface area contributed by atoms with E-state index < -0.39 is 30.5 Å². The standard InChI is InChI=1S/C17H14F6N2O/c18-16(19,20)15(17(21,22)23,24-11-12-7-3-1-4-8-12)25-14(26)13-9-5-2-6-10-13/h1-10,24H,11H2,(H,25,26)/p+1. The maximum absolute atomic E-state index is 13.5. The van der Waals surface area contributed by atoms with E-state index in [1.54, 1.807) is 6.07 Å². The predicted molar refractivity (Wildman–Crippen MR) is 80.8 cm³/mol. The first kappa shape index (κ1) is 19.8. The molecule has 2 aromatic rings. The smallest absolute Gasteiger partial charge is 0.305 e. The van der Waals surface area contributed by atoms with Crippen molar-refractivity contribution in [3.63, 3.8) is 0 Å². The summed E-state index contributed by atoms with van der Waals surface area (Å²) < 4.78 is 80.9. The van der Waals surface area contributed by atoms with Gasteiger partial charge in [0, 0.05) is 11.1 Å². The molecule has 0 aliphatic heterocycles. The number of hydrogen-bond donors (Lipinski definition) is 2. The van der Waals surface area contributed by atoms with Gasteiger partial charge in [-0.15, -0.1) is 0 Å². The Morgan fingerprint density at radius 3 is 1.73 bits per heavy atom. The highest BCUT2D eigenvalue weighted by Crippen LogP contribution is 2.38. The van der Waals surface area contributed by atoms with E-state index in [0.717, 1.165) is 17.4 Å². The van der Waals surface area contributed by atoms with Gasteiger partial charge in [0.1, 0.15) is 6.54 Å². The van der Waals surface area contributed by atoms with Crippen molar-refractivity contribution in [2.45, 2.75) is 24.6 Å². The van der Waals surface area contributed by atoms with E-state index in [4.69, 9.17) is 0 Å². The van der Waals surface area contributed by atoms with Crippen molar-refractivity contribution in [1.29, 1.82) is 0 Å². The Hall–Kier alpha value is -2.55. The molecule has 0 heterocycles. The second kappa shape index (κ2) is 7.36. The van der Waals surface area contributed by atoms with Crippen LogP contribution in [-0.2, 0) is 6.54 Å². The van der Waals surface area contributed by atoms with Crippen LogP contribution in [0.5, 0.6) is 0 Å².